The van der Waals surface area contributed by atoms with E-state index in [2.05, 4.69) is 46.5 Å². The van der Waals surface area contributed by atoms with Crippen molar-refractivity contribution in [1.82, 2.24) is 26.6 Å². The minimum Gasteiger partial charge on any atom is -0.481 e. The Bertz CT molecular complexity index is 2100. The van der Waals surface area contributed by atoms with Crippen molar-refractivity contribution in [2.75, 3.05) is 23.0 Å². The molecule has 0 radical (unpaired) electrons. The number of benzene rings is 2. The molecule has 26 nitrogen and oxygen atoms in total. The Morgan fingerprint density at radius 2 is 0.720 bits per heavy atom. The summed E-state index contributed by atoms with van der Waals surface area (Å²) in [6.45, 7) is 5.61. The van der Waals surface area contributed by atoms with Crippen molar-refractivity contribution in [1.29, 1.82) is 0 Å². The van der Waals surface area contributed by atoms with Crippen molar-refractivity contribution >= 4 is 130 Å². The molecule has 0 bridgehead atoms. The predicted octanol–water partition coefficient (Wildman–Crippen LogP) is 1.38. The first-order valence-electron chi connectivity index (χ1n) is 21.7. The third-order valence-corrected chi connectivity index (χ3v) is 10.5. The number of carbonyl (C=O) groups excluding carboxylic acids is 7. The summed E-state index contributed by atoms with van der Waals surface area (Å²) in [5.41, 5.74) is 1.18. The first-order chi connectivity index (χ1) is 35.0. The zero-order valence-electron chi connectivity index (χ0n) is 40.8. The number of carboxylic acid groups (broad SMARTS) is 7. The largest absolute Gasteiger partial charge is 0.481 e. The number of amides is 5. The van der Waals surface area contributed by atoms with Crippen LogP contribution in [-0.2, 0) is 57.5 Å². The summed E-state index contributed by atoms with van der Waals surface area (Å²) in [4.78, 5) is 150. The van der Waals surface area contributed by atoms with Gasteiger partial charge in [-0.25, -0.2) is 9.59 Å². The van der Waals surface area contributed by atoms with E-state index in [-0.39, 0.29) is 66.0 Å². The van der Waals surface area contributed by atoms with E-state index in [1.807, 2.05) is 12.1 Å². The summed E-state index contributed by atoms with van der Waals surface area (Å²) >= 11 is 9.74. The maximum atomic E-state index is 11.7. The maximum Gasteiger partial charge on any atom is 0.394 e. The van der Waals surface area contributed by atoms with Gasteiger partial charge in [0.2, 0.25) is 33.9 Å². The Kier molecular flexibility index (Phi) is 40.6. The van der Waals surface area contributed by atoms with Gasteiger partial charge in [0.15, 0.2) is 0 Å². The van der Waals surface area contributed by atoms with Crippen LogP contribution in [0.15, 0.2) is 60.7 Å². The van der Waals surface area contributed by atoms with Gasteiger partial charge in [0, 0.05) is 54.7 Å². The van der Waals surface area contributed by atoms with Gasteiger partial charge in [-0.05, 0) is 45.6 Å². The normalized spacial score (nSPS) is 11.8. The maximum absolute atomic E-state index is 11.7. The van der Waals surface area contributed by atoms with Gasteiger partial charge in [-0.15, -0.1) is 0 Å². The van der Waals surface area contributed by atoms with Crippen LogP contribution in [0.25, 0.3) is 0 Å². The van der Waals surface area contributed by atoms with Crippen molar-refractivity contribution in [2.45, 2.75) is 96.4 Å². The van der Waals surface area contributed by atoms with Gasteiger partial charge in [0.1, 0.15) is 30.2 Å². The Balaban J connectivity index is -0.000000882. The van der Waals surface area contributed by atoms with Gasteiger partial charge >= 0.3 is 47.7 Å². The minimum atomic E-state index is -1.82. The van der Waals surface area contributed by atoms with Gasteiger partial charge in [0.05, 0.1) is 0 Å². The van der Waals surface area contributed by atoms with Crippen molar-refractivity contribution in [3.05, 3.63) is 71.8 Å². The number of hydrogen-bond acceptors (Lipinski definition) is 18. The molecule has 5 atom stereocenters. The molecule has 0 aliphatic heterocycles. The quantitative estimate of drug-likeness (QED) is 0.0493. The van der Waals surface area contributed by atoms with Crippen LogP contribution < -0.4 is 26.6 Å². The summed E-state index contributed by atoms with van der Waals surface area (Å²) in [6, 6.07) is 12.6. The molecule has 0 saturated carbocycles. The number of carboxylic acids is 7. The van der Waals surface area contributed by atoms with Crippen LogP contribution in [0.2, 0.25) is 0 Å². The summed E-state index contributed by atoms with van der Waals surface area (Å²) < 4.78 is 0. The molecular formula is C45H61N5O21S4. The number of rotatable bonds is 25. The highest BCUT2D eigenvalue weighted by Gasteiger charge is 2.24. The first kappa shape index (κ1) is 72.1. The molecule has 416 valence electrons. The van der Waals surface area contributed by atoms with Crippen LogP contribution in [0.4, 0.5) is 0 Å². The van der Waals surface area contributed by atoms with E-state index >= 15 is 0 Å². The molecule has 2 unspecified atom stereocenters. The zero-order chi connectivity index (χ0) is 58.2. The predicted molar refractivity (Wildman–Crippen MR) is 278 cm³/mol. The van der Waals surface area contributed by atoms with Crippen molar-refractivity contribution in [2.24, 2.45) is 0 Å². The molecule has 12 N–H and O–H groups in total. The molecule has 0 fully saturated rings. The Morgan fingerprint density at radius 3 is 0.960 bits per heavy atom. The Morgan fingerprint density at radius 1 is 0.427 bits per heavy atom. The summed E-state index contributed by atoms with van der Waals surface area (Å²) in [7, 11) is 0. The van der Waals surface area contributed by atoms with E-state index in [4.69, 9.17) is 35.7 Å². The number of thiol groups is 2. The SMILES string of the molecule is CC(NC(=O)CCS)C(=O)O.CC(NC(=O)CCSC(=O)c1ccccc1)C(=O)O.C[C@H](NC(=O)CCS)C(=O)O.C[C@H](NC(=O)CCSC(=O)c1ccccc1)C(=O)O.O=C(O)CC[C@H](NC(=O)C(=O)O)C(=O)O. The molecule has 0 heterocycles. The number of aliphatic carboxylic acids is 7. The number of carbonyl (C=O) groups is 14. The van der Waals surface area contributed by atoms with E-state index in [0.717, 1.165) is 23.5 Å². The monoisotopic (exact) mass is 1140 g/mol. The number of thioether (sulfide) groups is 2. The van der Waals surface area contributed by atoms with E-state index < -0.39 is 84.3 Å². The molecule has 0 saturated heterocycles. The summed E-state index contributed by atoms with van der Waals surface area (Å²) in [6.07, 6.45) is -0.121. The van der Waals surface area contributed by atoms with Crippen molar-refractivity contribution < 1.29 is 103 Å². The average Bonchev–Trinajstić information content (AvgIpc) is 3.33. The third-order valence-electron chi connectivity index (χ3n) is 8.26. The van der Waals surface area contributed by atoms with Gasteiger partial charge < -0.3 is 62.3 Å². The lowest BCUT2D eigenvalue weighted by molar-refractivity contribution is -0.152. The van der Waals surface area contributed by atoms with Crippen molar-refractivity contribution in [3.8, 4) is 0 Å². The molecule has 0 spiro atoms. The lowest BCUT2D eigenvalue weighted by Gasteiger charge is -2.11. The lowest BCUT2D eigenvalue weighted by atomic mass is 10.1. The standard InChI is InChI=1S/2C13H15NO4S.C7H9NO7.2C6H11NO3S/c2*1-9(12(16)17)14-11(15)7-8-19-13(18)10-5-3-2-4-6-10;9-4(10)2-1-3(6(12)13)8-5(11)7(14)15;2*1-4(6(9)10)7-5(8)2-3-11/h2*2-6,9H,7-8H2,1H3,(H,14,15)(H,16,17);3H,1-2H2,(H,8,11)(H,9,10)(H,12,13)(H,14,15);2*4,11H,2-3H2,1H3,(H,7,8)(H,9,10)/t9-;;3-;4-;/m0.00./s1. The van der Waals surface area contributed by atoms with E-state index in [1.54, 1.807) is 53.8 Å². The highest BCUT2D eigenvalue weighted by atomic mass is 32.2. The minimum absolute atomic E-state index is 0.0975. The second-order valence-corrected chi connectivity index (χ2v) is 17.6. The highest BCUT2D eigenvalue weighted by Crippen LogP contribution is 2.14. The van der Waals surface area contributed by atoms with Crippen LogP contribution in [0.1, 0.15) is 86.9 Å². The third kappa shape index (κ3) is 40.0. The van der Waals surface area contributed by atoms with Gasteiger partial charge in [0.25, 0.3) is 0 Å². The summed E-state index contributed by atoms with van der Waals surface area (Å²) in [5, 5.41) is 69.6. The second kappa shape index (κ2) is 42.2. The molecule has 0 aromatic heterocycles. The second-order valence-electron chi connectivity index (χ2n) is 14.6. The topological polar surface area (TPSA) is 441 Å². The number of hydrogen-bond donors (Lipinski definition) is 14. The Hall–Kier alpha value is -7.18. The lowest BCUT2D eigenvalue weighted by Crippen LogP contribution is -2.44. The molecule has 2 aromatic rings. The number of nitrogens with one attached hydrogen (secondary N) is 5. The average molecular weight is 1140 g/mol. The van der Waals surface area contributed by atoms with Crippen LogP contribution in [-0.4, -0.2) is 171 Å². The van der Waals surface area contributed by atoms with E-state index in [1.165, 1.54) is 27.7 Å². The van der Waals surface area contributed by atoms with Gasteiger partial charge in [-0.3, -0.25) is 57.5 Å². The zero-order valence-corrected chi connectivity index (χ0v) is 44.2. The Labute approximate surface area is 449 Å². The molecule has 2 rings (SSSR count). The fourth-order valence-electron chi connectivity index (χ4n) is 4.24. The van der Waals surface area contributed by atoms with E-state index in [0.29, 0.717) is 34.1 Å². The fourth-order valence-corrected chi connectivity index (χ4v) is 6.20. The first-order valence-corrected chi connectivity index (χ1v) is 25.0. The van der Waals surface area contributed by atoms with Crippen LogP contribution >= 0.6 is 48.8 Å². The molecule has 75 heavy (non-hydrogen) atoms. The van der Waals surface area contributed by atoms with Crippen LogP contribution in [0, 0.1) is 0 Å². The van der Waals surface area contributed by atoms with Gasteiger partial charge in [-0.2, -0.15) is 25.3 Å². The molecule has 5 amide bonds. The van der Waals surface area contributed by atoms with Gasteiger partial charge in [-0.1, -0.05) is 84.2 Å². The van der Waals surface area contributed by atoms with Crippen LogP contribution in [0.5, 0.6) is 0 Å². The molecule has 0 aliphatic carbocycles. The van der Waals surface area contributed by atoms with E-state index in [9.17, 15) is 67.1 Å². The van der Waals surface area contributed by atoms with Crippen LogP contribution in [0.3, 0.4) is 0 Å². The highest BCUT2D eigenvalue weighted by molar-refractivity contribution is 8.14. The smallest absolute Gasteiger partial charge is 0.394 e. The molecule has 30 heteroatoms. The molecule has 2 aromatic carbocycles. The summed E-state index contributed by atoms with van der Waals surface area (Å²) in [5.74, 6) is -10.0. The molecule has 0 aliphatic rings. The van der Waals surface area contributed by atoms with Crippen molar-refractivity contribution in [3.63, 3.8) is 0 Å². The fraction of sp³-hybridized carbons (Fsp3) is 0.422. The molecular weight excluding hydrogens is 1070 g/mol.